The van der Waals surface area contributed by atoms with Crippen molar-refractivity contribution in [3.05, 3.63) is 35.3 Å². The summed E-state index contributed by atoms with van der Waals surface area (Å²) in [6.45, 7) is 8.03. The fourth-order valence-electron chi connectivity index (χ4n) is 2.23. The highest BCUT2D eigenvalue weighted by atomic mass is 16.3. The Hall–Kier alpha value is -1.62. The molecule has 104 valence electrons. The van der Waals surface area contributed by atoms with Gasteiger partial charge in [-0.15, -0.1) is 0 Å². The summed E-state index contributed by atoms with van der Waals surface area (Å²) in [6, 6.07) is 3.73. The SMILES string of the molecule is CCc1nc(CC)n(C(c2ccc(C)o2)C(C)N)n1. The van der Waals surface area contributed by atoms with Gasteiger partial charge in [0, 0.05) is 18.9 Å². The third kappa shape index (κ3) is 2.71. The summed E-state index contributed by atoms with van der Waals surface area (Å²) in [7, 11) is 0. The molecule has 0 aliphatic rings. The van der Waals surface area contributed by atoms with Crippen LogP contribution in [0.4, 0.5) is 0 Å². The third-order valence-electron chi connectivity index (χ3n) is 3.19. The summed E-state index contributed by atoms with van der Waals surface area (Å²) < 4.78 is 7.65. The van der Waals surface area contributed by atoms with E-state index in [1.54, 1.807) is 0 Å². The molecule has 0 fully saturated rings. The van der Waals surface area contributed by atoms with E-state index in [2.05, 4.69) is 23.9 Å². The molecule has 0 aromatic carbocycles. The lowest BCUT2D eigenvalue weighted by Crippen LogP contribution is -2.31. The Labute approximate surface area is 113 Å². The standard InChI is InChI=1S/C14H22N4O/c1-5-12-16-13(6-2)18(17-12)14(10(4)15)11-8-7-9(3)19-11/h7-8,10,14H,5-6,15H2,1-4H3. The minimum absolute atomic E-state index is 0.0951. The Morgan fingerprint density at radius 3 is 2.53 bits per heavy atom. The van der Waals surface area contributed by atoms with Gasteiger partial charge in [-0.1, -0.05) is 13.8 Å². The van der Waals surface area contributed by atoms with E-state index in [1.807, 2.05) is 30.7 Å². The van der Waals surface area contributed by atoms with Crippen molar-refractivity contribution in [1.82, 2.24) is 14.8 Å². The Bertz CT molecular complexity index is 541. The van der Waals surface area contributed by atoms with E-state index in [1.165, 1.54) is 0 Å². The van der Waals surface area contributed by atoms with Crippen LogP contribution in [0.25, 0.3) is 0 Å². The maximum Gasteiger partial charge on any atom is 0.150 e. The van der Waals surface area contributed by atoms with Crippen LogP contribution in [0.15, 0.2) is 16.5 Å². The predicted octanol–water partition coefficient (Wildman–Crippen LogP) is 2.24. The summed E-state index contributed by atoms with van der Waals surface area (Å²) in [6.07, 6.45) is 1.65. The molecular formula is C14H22N4O. The highest BCUT2D eigenvalue weighted by molar-refractivity contribution is 5.14. The van der Waals surface area contributed by atoms with Crippen molar-refractivity contribution in [2.45, 2.75) is 52.6 Å². The highest BCUT2D eigenvalue weighted by Crippen LogP contribution is 2.24. The molecule has 0 radical (unpaired) electrons. The van der Waals surface area contributed by atoms with E-state index in [4.69, 9.17) is 10.2 Å². The smallest absolute Gasteiger partial charge is 0.150 e. The van der Waals surface area contributed by atoms with Crippen LogP contribution in [-0.2, 0) is 12.8 Å². The zero-order valence-corrected chi connectivity index (χ0v) is 12.1. The Kier molecular flexibility index (Phi) is 4.04. The largest absolute Gasteiger partial charge is 0.464 e. The van der Waals surface area contributed by atoms with Gasteiger partial charge in [-0.05, 0) is 26.0 Å². The number of rotatable bonds is 5. The molecule has 0 saturated carbocycles. The highest BCUT2D eigenvalue weighted by Gasteiger charge is 2.25. The molecule has 2 atom stereocenters. The number of hydrogen-bond acceptors (Lipinski definition) is 4. The van der Waals surface area contributed by atoms with Gasteiger partial charge in [-0.3, -0.25) is 0 Å². The van der Waals surface area contributed by atoms with Crippen molar-refractivity contribution >= 4 is 0 Å². The molecular weight excluding hydrogens is 240 g/mol. The molecule has 2 aromatic heterocycles. The Morgan fingerprint density at radius 1 is 1.32 bits per heavy atom. The first-order valence-electron chi connectivity index (χ1n) is 6.83. The lowest BCUT2D eigenvalue weighted by atomic mass is 10.1. The fraction of sp³-hybridized carbons (Fsp3) is 0.571. The van der Waals surface area contributed by atoms with E-state index >= 15 is 0 Å². The van der Waals surface area contributed by atoms with E-state index in [9.17, 15) is 0 Å². The van der Waals surface area contributed by atoms with Gasteiger partial charge in [-0.25, -0.2) is 9.67 Å². The molecule has 2 heterocycles. The zero-order chi connectivity index (χ0) is 14.0. The van der Waals surface area contributed by atoms with Gasteiger partial charge in [0.25, 0.3) is 0 Å². The van der Waals surface area contributed by atoms with E-state index in [0.717, 1.165) is 36.0 Å². The van der Waals surface area contributed by atoms with E-state index in [0.29, 0.717) is 0 Å². The molecule has 2 unspecified atom stereocenters. The summed E-state index contributed by atoms with van der Waals surface area (Å²) in [5, 5.41) is 4.57. The van der Waals surface area contributed by atoms with Crippen LogP contribution in [0.3, 0.4) is 0 Å². The second-order valence-corrected chi connectivity index (χ2v) is 4.85. The molecule has 0 amide bonds. The molecule has 0 aliphatic carbocycles. The number of hydrogen-bond donors (Lipinski definition) is 1. The fourth-order valence-corrected chi connectivity index (χ4v) is 2.23. The van der Waals surface area contributed by atoms with E-state index < -0.39 is 0 Å². The van der Waals surface area contributed by atoms with Gasteiger partial charge < -0.3 is 10.2 Å². The number of nitrogens with zero attached hydrogens (tertiary/aromatic N) is 3. The van der Waals surface area contributed by atoms with Crippen LogP contribution in [-0.4, -0.2) is 20.8 Å². The van der Waals surface area contributed by atoms with Gasteiger partial charge >= 0.3 is 0 Å². The van der Waals surface area contributed by atoms with Crippen LogP contribution in [0, 0.1) is 6.92 Å². The van der Waals surface area contributed by atoms with Crippen molar-refractivity contribution in [2.24, 2.45) is 5.73 Å². The zero-order valence-electron chi connectivity index (χ0n) is 12.1. The number of aryl methyl sites for hydroxylation is 3. The Morgan fingerprint density at radius 2 is 2.05 bits per heavy atom. The van der Waals surface area contributed by atoms with Crippen molar-refractivity contribution in [3.8, 4) is 0 Å². The monoisotopic (exact) mass is 262 g/mol. The molecule has 2 aromatic rings. The molecule has 0 bridgehead atoms. The first kappa shape index (κ1) is 13.8. The maximum absolute atomic E-state index is 6.14. The third-order valence-corrected chi connectivity index (χ3v) is 3.19. The van der Waals surface area contributed by atoms with Crippen LogP contribution in [0.5, 0.6) is 0 Å². The van der Waals surface area contributed by atoms with Crippen molar-refractivity contribution in [1.29, 1.82) is 0 Å². The summed E-state index contributed by atoms with van der Waals surface area (Å²) in [5.41, 5.74) is 6.14. The van der Waals surface area contributed by atoms with Crippen LogP contribution in [0.1, 0.15) is 50.0 Å². The van der Waals surface area contributed by atoms with Gasteiger partial charge in [0.05, 0.1) is 0 Å². The van der Waals surface area contributed by atoms with Gasteiger partial charge in [-0.2, -0.15) is 5.10 Å². The molecule has 0 aliphatic heterocycles. The Balaban J connectivity index is 2.47. The first-order chi connectivity index (χ1) is 9.06. The number of furan rings is 1. The lowest BCUT2D eigenvalue weighted by molar-refractivity contribution is 0.352. The van der Waals surface area contributed by atoms with Crippen LogP contribution < -0.4 is 5.73 Å². The quantitative estimate of drug-likeness (QED) is 0.897. The molecule has 5 nitrogen and oxygen atoms in total. The second-order valence-electron chi connectivity index (χ2n) is 4.85. The van der Waals surface area contributed by atoms with Crippen molar-refractivity contribution in [3.63, 3.8) is 0 Å². The summed E-state index contributed by atoms with van der Waals surface area (Å²) in [5.74, 6) is 3.53. The predicted molar refractivity (Wildman–Crippen MR) is 74.0 cm³/mol. The van der Waals surface area contributed by atoms with Crippen molar-refractivity contribution < 1.29 is 4.42 Å². The lowest BCUT2D eigenvalue weighted by Gasteiger charge is -2.20. The molecule has 2 rings (SSSR count). The molecule has 19 heavy (non-hydrogen) atoms. The first-order valence-corrected chi connectivity index (χ1v) is 6.83. The molecule has 2 N–H and O–H groups in total. The molecule has 0 spiro atoms. The average Bonchev–Trinajstić information content (AvgIpc) is 2.96. The normalized spacial score (nSPS) is 14.6. The summed E-state index contributed by atoms with van der Waals surface area (Å²) in [4.78, 5) is 4.54. The topological polar surface area (TPSA) is 69.9 Å². The van der Waals surface area contributed by atoms with Crippen molar-refractivity contribution in [2.75, 3.05) is 0 Å². The van der Waals surface area contributed by atoms with Gasteiger partial charge in [0.1, 0.15) is 23.4 Å². The van der Waals surface area contributed by atoms with Gasteiger partial charge in [0.15, 0.2) is 5.82 Å². The van der Waals surface area contributed by atoms with E-state index in [-0.39, 0.29) is 12.1 Å². The minimum Gasteiger partial charge on any atom is -0.464 e. The minimum atomic E-state index is -0.101. The number of nitrogens with two attached hydrogens (primary N) is 1. The average molecular weight is 262 g/mol. The molecule has 5 heteroatoms. The van der Waals surface area contributed by atoms with Gasteiger partial charge in [0.2, 0.25) is 0 Å². The summed E-state index contributed by atoms with van der Waals surface area (Å²) >= 11 is 0. The second kappa shape index (κ2) is 5.57. The molecule has 0 saturated heterocycles. The van der Waals surface area contributed by atoms with Crippen LogP contribution in [0.2, 0.25) is 0 Å². The number of aromatic nitrogens is 3. The van der Waals surface area contributed by atoms with Crippen LogP contribution >= 0.6 is 0 Å². The maximum atomic E-state index is 6.14.